The molecule has 2 fully saturated rings. The van der Waals surface area contributed by atoms with E-state index in [1.54, 1.807) is 18.3 Å². The molecule has 6 nitrogen and oxygen atoms in total. The van der Waals surface area contributed by atoms with Gasteiger partial charge in [0.25, 0.3) is 0 Å². The maximum atomic E-state index is 9.99. The average molecular weight is 453 g/mol. The van der Waals surface area contributed by atoms with Crippen LogP contribution in [0.5, 0.6) is 0 Å². The molecule has 1 atom stereocenters. The van der Waals surface area contributed by atoms with Crippen molar-refractivity contribution in [3.05, 3.63) is 40.7 Å². The summed E-state index contributed by atoms with van der Waals surface area (Å²) in [5.41, 5.74) is 2.60. The van der Waals surface area contributed by atoms with E-state index in [0.29, 0.717) is 34.3 Å². The van der Waals surface area contributed by atoms with Gasteiger partial charge in [0.05, 0.1) is 16.9 Å². The molecule has 0 radical (unpaired) electrons. The van der Waals surface area contributed by atoms with Crippen LogP contribution in [0.3, 0.4) is 0 Å². The average Bonchev–Trinajstić information content (AvgIpc) is 3.57. The molecule has 1 aliphatic heterocycles. The van der Waals surface area contributed by atoms with Crippen LogP contribution >= 0.6 is 11.6 Å². The summed E-state index contributed by atoms with van der Waals surface area (Å²) < 4.78 is 0. The Morgan fingerprint density at radius 3 is 2.56 bits per heavy atom. The third-order valence-electron chi connectivity index (χ3n) is 6.45. The molecule has 4 rings (SSSR count). The molecule has 0 aromatic carbocycles. The molecule has 0 spiro atoms. The number of hydrogen-bond acceptors (Lipinski definition) is 6. The second kappa shape index (κ2) is 8.88. The summed E-state index contributed by atoms with van der Waals surface area (Å²) in [6.07, 6.45) is 3.93. The van der Waals surface area contributed by atoms with E-state index in [9.17, 15) is 5.26 Å². The van der Waals surface area contributed by atoms with E-state index in [4.69, 9.17) is 16.6 Å². The summed E-state index contributed by atoms with van der Waals surface area (Å²) in [4.78, 5) is 14.4. The van der Waals surface area contributed by atoms with Crippen LogP contribution in [-0.4, -0.2) is 46.1 Å². The molecule has 170 valence electrons. The Morgan fingerprint density at radius 2 is 1.97 bits per heavy atom. The van der Waals surface area contributed by atoms with Crippen LogP contribution in [0.2, 0.25) is 5.02 Å². The van der Waals surface area contributed by atoms with E-state index in [-0.39, 0.29) is 5.54 Å². The molecule has 2 aromatic heterocycles. The number of pyridine rings is 2. The summed E-state index contributed by atoms with van der Waals surface area (Å²) in [5, 5.41) is 14.0. The molecule has 1 saturated carbocycles. The number of anilines is 3. The molecule has 0 bridgehead atoms. The molecular weight excluding hydrogens is 420 g/mol. The van der Waals surface area contributed by atoms with Gasteiger partial charge in [-0.25, -0.2) is 9.97 Å². The van der Waals surface area contributed by atoms with Crippen molar-refractivity contribution in [2.75, 3.05) is 29.9 Å². The molecule has 7 heteroatoms. The lowest BCUT2D eigenvalue weighted by molar-refractivity contribution is 0.0466. The fraction of sp³-hybridized carbons (Fsp3) is 0.560. The standard InChI is InChI=1S/C25H33ClN6/c1-16(2)21-15-31(10-11-32(21)25(3,4)5)24-18(14-27)12-20(23(30-24)17-6-7-17)29-22-13-19(26)8-9-28-22/h8-9,12-13,16-17,21H,6-7,10-11,15H2,1-5H3,(H,28,29)/t21-/m0/s1. The number of hydrogen-bond donors (Lipinski definition) is 1. The first-order valence-electron chi connectivity index (χ1n) is 11.5. The zero-order valence-corrected chi connectivity index (χ0v) is 20.4. The van der Waals surface area contributed by atoms with Crippen LogP contribution < -0.4 is 10.2 Å². The Kier molecular flexibility index (Phi) is 6.33. The molecule has 2 aliphatic rings. The summed E-state index contributed by atoms with van der Waals surface area (Å²) in [7, 11) is 0. The summed E-state index contributed by atoms with van der Waals surface area (Å²) in [5.74, 6) is 2.43. The second-order valence-electron chi connectivity index (χ2n) is 10.3. The van der Waals surface area contributed by atoms with Gasteiger partial charge < -0.3 is 10.2 Å². The first-order valence-corrected chi connectivity index (χ1v) is 11.9. The van der Waals surface area contributed by atoms with E-state index in [1.165, 1.54) is 0 Å². The minimum absolute atomic E-state index is 0.115. The zero-order chi connectivity index (χ0) is 23.0. The predicted molar refractivity (Wildman–Crippen MR) is 131 cm³/mol. The van der Waals surface area contributed by atoms with Crippen molar-refractivity contribution in [3.63, 3.8) is 0 Å². The maximum Gasteiger partial charge on any atom is 0.147 e. The summed E-state index contributed by atoms with van der Waals surface area (Å²) >= 11 is 6.14. The van der Waals surface area contributed by atoms with Crippen molar-refractivity contribution in [2.45, 2.75) is 65.0 Å². The Morgan fingerprint density at radius 1 is 1.22 bits per heavy atom. The number of nitrogens with zero attached hydrogens (tertiary/aromatic N) is 5. The lowest BCUT2D eigenvalue weighted by Crippen LogP contribution is -2.61. The van der Waals surface area contributed by atoms with Crippen molar-refractivity contribution in [2.24, 2.45) is 5.92 Å². The highest BCUT2D eigenvalue weighted by molar-refractivity contribution is 6.30. The molecule has 0 unspecified atom stereocenters. The van der Waals surface area contributed by atoms with Gasteiger partial charge in [0.1, 0.15) is 17.7 Å². The topological polar surface area (TPSA) is 68.1 Å². The highest BCUT2D eigenvalue weighted by Gasteiger charge is 2.37. The third kappa shape index (κ3) is 4.84. The van der Waals surface area contributed by atoms with E-state index in [2.05, 4.69) is 60.8 Å². The number of nitrogens with one attached hydrogen (secondary N) is 1. The third-order valence-corrected chi connectivity index (χ3v) is 6.69. The van der Waals surface area contributed by atoms with Gasteiger partial charge in [0.15, 0.2) is 0 Å². The zero-order valence-electron chi connectivity index (χ0n) is 19.7. The van der Waals surface area contributed by atoms with Crippen molar-refractivity contribution < 1.29 is 0 Å². The molecular formula is C25H33ClN6. The first-order chi connectivity index (χ1) is 15.2. The summed E-state index contributed by atoms with van der Waals surface area (Å²) in [6, 6.07) is 8.29. The highest BCUT2D eigenvalue weighted by atomic mass is 35.5. The van der Waals surface area contributed by atoms with E-state index in [0.717, 1.165) is 49.7 Å². The minimum atomic E-state index is 0.115. The minimum Gasteiger partial charge on any atom is -0.353 e. The van der Waals surface area contributed by atoms with Crippen LogP contribution in [0.4, 0.5) is 17.3 Å². The smallest absolute Gasteiger partial charge is 0.147 e. The van der Waals surface area contributed by atoms with Gasteiger partial charge in [-0.3, -0.25) is 4.90 Å². The number of nitriles is 1. The van der Waals surface area contributed by atoms with Gasteiger partial charge >= 0.3 is 0 Å². The predicted octanol–water partition coefficient (Wildman–Crippen LogP) is 5.57. The quantitative estimate of drug-likeness (QED) is 0.639. The normalized spacial score (nSPS) is 19.8. The van der Waals surface area contributed by atoms with E-state index >= 15 is 0 Å². The van der Waals surface area contributed by atoms with Gasteiger partial charge in [-0.15, -0.1) is 0 Å². The highest BCUT2D eigenvalue weighted by Crippen LogP contribution is 2.44. The molecule has 3 heterocycles. The van der Waals surface area contributed by atoms with Crippen LogP contribution in [0.15, 0.2) is 24.4 Å². The van der Waals surface area contributed by atoms with E-state index in [1.807, 2.05) is 6.07 Å². The van der Waals surface area contributed by atoms with E-state index < -0.39 is 0 Å². The maximum absolute atomic E-state index is 9.99. The molecule has 1 N–H and O–H groups in total. The van der Waals surface area contributed by atoms with Crippen molar-refractivity contribution >= 4 is 28.9 Å². The van der Waals surface area contributed by atoms with Gasteiger partial charge in [0.2, 0.25) is 0 Å². The molecule has 0 amide bonds. The number of rotatable bonds is 5. The molecule has 32 heavy (non-hydrogen) atoms. The number of aromatic nitrogens is 2. The Bertz CT molecular complexity index is 1020. The molecule has 1 saturated heterocycles. The molecule has 2 aromatic rings. The lowest BCUT2D eigenvalue weighted by Gasteiger charge is -2.50. The Hall–Kier alpha value is -2.36. The van der Waals surface area contributed by atoms with Crippen molar-refractivity contribution in [3.8, 4) is 6.07 Å². The van der Waals surface area contributed by atoms with Gasteiger partial charge in [-0.1, -0.05) is 25.4 Å². The summed E-state index contributed by atoms with van der Waals surface area (Å²) in [6.45, 7) is 14.1. The van der Waals surface area contributed by atoms with Gasteiger partial charge in [0, 0.05) is 48.4 Å². The van der Waals surface area contributed by atoms with Crippen LogP contribution in [0.25, 0.3) is 0 Å². The number of piperazine rings is 1. The fourth-order valence-corrected chi connectivity index (χ4v) is 4.79. The van der Waals surface area contributed by atoms with Crippen molar-refractivity contribution in [1.29, 1.82) is 5.26 Å². The lowest BCUT2D eigenvalue weighted by atomic mass is 9.93. The Labute approximate surface area is 196 Å². The number of halogens is 1. The van der Waals surface area contributed by atoms with Crippen LogP contribution in [0.1, 0.15) is 64.6 Å². The fourth-order valence-electron chi connectivity index (χ4n) is 4.63. The van der Waals surface area contributed by atoms with Crippen molar-refractivity contribution in [1.82, 2.24) is 14.9 Å². The van der Waals surface area contributed by atoms with Crippen LogP contribution in [-0.2, 0) is 0 Å². The largest absolute Gasteiger partial charge is 0.353 e. The Balaban J connectivity index is 1.67. The van der Waals surface area contributed by atoms with Gasteiger partial charge in [-0.2, -0.15) is 5.26 Å². The molecule has 1 aliphatic carbocycles. The first kappa shape index (κ1) is 22.8. The van der Waals surface area contributed by atoms with Gasteiger partial charge in [-0.05, 0) is 57.7 Å². The van der Waals surface area contributed by atoms with Crippen LogP contribution in [0, 0.1) is 17.2 Å². The monoisotopic (exact) mass is 452 g/mol. The SMILES string of the molecule is CC(C)[C@@H]1CN(c2nc(C3CC3)c(Nc3cc(Cl)ccn3)cc2C#N)CCN1C(C)(C)C. The second-order valence-corrected chi connectivity index (χ2v) is 10.7.